The molecule has 2 aromatic rings. The molecule has 2 aromatic carbocycles. The van der Waals surface area contributed by atoms with Crippen LogP contribution in [0.25, 0.3) is 6.08 Å². The predicted octanol–water partition coefficient (Wildman–Crippen LogP) is 6.79. The van der Waals surface area contributed by atoms with E-state index in [2.05, 4.69) is 5.32 Å². The van der Waals surface area contributed by atoms with Gasteiger partial charge in [0.25, 0.3) is 11.8 Å². The highest BCUT2D eigenvalue weighted by Gasteiger charge is 2.39. The van der Waals surface area contributed by atoms with Crippen LogP contribution in [0.2, 0.25) is 0 Å². The van der Waals surface area contributed by atoms with E-state index in [1.165, 1.54) is 68.8 Å². The van der Waals surface area contributed by atoms with E-state index in [0.717, 1.165) is 43.7 Å². The Labute approximate surface area is 239 Å². The maximum Gasteiger partial charge on any atom is 0.267 e. The molecule has 0 bridgehead atoms. The summed E-state index contributed by atoms with van der Waals surface area (Å²) in [4.78, 5) is 34.0. The Morgan fingerprint density at radius 2 is 1.75 bits per heavy atom. The summed E-state index contributed by atoms with van der Waals surface area (Å²) in [7, 11) is 1.53. The number of benzene rings is 2. The molecular weight excluding hydrogens is 529 g/mol. The lowest BCUT2D eigenvalue weighted by molar-refractivity contribution is -0.124. The summed E-state index contributed by atoms with van der Waals surface area (Å²) in [6, 6.07) is 11.4. The molecule has 2 amide bonds. The average Bonchev–Trinajstić information content (AvgIpc) is 3.28. The zero-order valence-corrected chi connectivity index (χ0v) is 23.7. The van der Waals surface area contributed by atoms with E-state index >= 15 is 0 Å². The zero-order chi connectivity index (χ0) is 27.9. The largest absolute Gasteiger partial charge is 0.493 e. The number of ether oxygens (including phenoxy) is 2. The summed E-state index contributed by atoms with van der Waals surface area (Å²) >= 11 is 1.44. The van der Waals surface area contributed by atoms with E-state index in [1.54, 1.807) is 6.07 Å². The average molecular weight is 566 g/mol. The van der Waals surface area contributed by atoms with Crippen LogP contribution in [0, 0.1) is 5.82 Å². The van der Waals surface area contributed by atoms with Crippen molar-refractivity contribution in [3.05, 3.63) is 58.8 Å². The van der Waals surface area contributed by atoms with Gasteiger partial charge in [-0.25, -0.2) is 4.39 Å². The van der Waals surface area contributed by atoms with Gasteiger partial charge in [0.2, 0.25) is 0 Å². The molecule has 0 radical (unpaired) electrons. The molecule has 7 nitrogen and oxygen atoms in total. The van der Waals surface area contributed by atoms with Crippen molar-refractivity contribution in [3.8, 4) is 11.5 Å². The number of carbonyl (C=O) groups excluding carboxylic acids is 2. The Balaban J connectivity index is 1.38. The highest BCUT2D eigenvalue weighted by molar-refractivity contribution is 8.18. The number of halogens is 1. The van der Waals surface area contributed by atoms with Crippen molar-refractivity contribution in [3.63, 3.8) is 0 Å². The summed E-state index contributed by atoms with van der Waals surface area (Å²) in [5.41, 5.74) is 1.12. The molecule has 1 N–H and O–H groups in total. The first kappa shape index (κ1) is 28.2. The molecule has 3 fully saturated rings. The maximum absolute atomic E-state index is 13.8. The molecule has 2 aliphatic carbocycles. The van der Waals surface area contributed by atoms with Gasteiger partial charge in [-0.3, -0.25) is 19.5 Å². The molecule has 3 aliphatic rings. The first-order chi connectivity index (χ1) is 19.5. The van der Waals surface area contributed by atoms with Crippen molar-refractivity contribution in [2.24, 2.45) is 4.99 Å². The number of aliphatic imine (C=N–C) groups is 1. The number of carbonyl (C=O) groups is 2. The standard InChI is InChI=1S/C31H36FN3O4S/c1-38-26-14-8-9-21(29(26)39-20-28(36)33-24-17-15-22(32)16-18-24)19-27-30(37)35(25-12-6-3-7-13-25)31(40-27)34-23-10-4-2-5-11-23/h8-9,14-19,23,25H,2-7,10-13,20H2,1H3,(H,33,36). The van der Waals surface area contributed by atoms with Gasteiger partial charge in [-0.15, -0.1) is 0 Å². The first-order valence-corrected chi connectivity index (χ1v) is 15.0. The SMILES string of the molecule is COc1cccc(C=C2SC(=NC3CCCCC3)N(C3CCCCC3)C2=O)c1OCC(=O)Nc1ccc(F)cc1. The van der Waals surface area contributed by atoms with E-state index < -0.39 is 5.91 Å². The third-order valence-corrected chi connectivity index (χ3v) is 8.63. The monoisotopic (exact) mass is 565 g/mol. The van der Waals surface area contributed by atoms with Crippen molar-refractivity contribution < 1.29 is 23.5 Å². The van der Waals surface area contributed by atoms with Crippen LogP contribution in [0.4, 0.5) is 10.1 Å². The van der Waals surface area contributed by atoms with Crippen molar-refractivity contribution in [2.75, 3.05) is 19.0 Å². The predicted molar refractivity (Wildman–Crippen MR) is 157 cm³/mol. The van der Waals surface area contributed by atoms with Crippen LogP contribution in [0.5, 0.6) is 11.5 Å². The number of amidine groups is 1. The summed E-state index contributed by atoms with van der Waals surface area (Å²) in [5, 5.41) is 3.51. The van der Waals surface area contributed by atoms with Crippen LogP contribution in [0.15, 0.2) is 52.4 Å². The van der Waals surface area contributed by atoms with Gasteiger partial charge in [0.05, 0.1) is 18.1 Å². The van der Waals surface area contributed by atoms with Gasteiger partial charge < -0.3 is 14.8 Å². The second kappa shape index (κ2) is 13.4. The third-order valence-electron chi connectivity index (χ3n) is 7.64. The lowest BCUT2D eigenvalue weighted by Gasteiger charge is -2.31. The number of para-hydroxylation sites is 1. The van der Waals surface area contributed by atoms with Crippen LogP contribution in [-0.2, 0) is 9.59 Å². The molecule has 0 atom stereocenters. The van der Waals surface area contributed by atoms with E-state index in [9.17, 15) is 14.0 Å². The minimum Gasteiger partial charge on any atom is -0.493 e. The smallest absolute Gasteiger partial charge is 0.267 e. The second-order valence-electron chi connectivity index (χ2n) is 10.5. The van der Waals surface area contributed by atoms with Gasteiger partial charge in [-0.05, 0) is 73.9 Å². The molecule has 0 aromatic heterocycles. The molecule has 9 heteroatoms. The van der Waals surface area contributed by atoms with Gasteiger partial charge in [-0.2, -0.15) is 0 Å². The fourth-order valence-corrected chi connectivity index (χ4v) is 6.68. The number of amides is 2. The molecule has 40 heavy (non-hydrogen) atoms. The summed E-state index contributed by atoms with van der Waals surface area (Å²) in [5.74, 6) is 0.0398. The van der Waals surface area contributed by atoms with Crippen molar-refractivity contribution in [1.82, 2.24) is 4.90 Å². The van der Waals surface area contributed by atoms with Crippen molar-refractivity contribution >= 4 is 40.5 Å². The Hall–Kier alpha value is -3.33. The van der Waals surface area contributed by atoms with E-state index in [1.807, 2.05) is 23.1 Å². The van der Waals surface area contributed by atoms with Crippen LogP contribution in [0.3, 0.4) is 0 Å². The lowest BCUT2D eigenvalue weighted by atomic mass is 9.94. The molecular formula is C31H36FN3O4S. The number of rotatable bonds is 8. The van der Waals surface area contributed by atoms with Crippen molar-refractivity contribution in [1.29, 1.82) is 0 Å². The van der Waals surface area contributed by atoms with E-state index in [-0.39, 0.29) is 30.4 Å². The van der Waals surface area contributed by atoms with Crippen molar-refractivity contribution in [2.45, 2.75) is 76.3 Å². The quantitative estimate of drug-likeness (QED) is 0.357. The van der Waals surface area contributed by atoms with Gasteiger partial charge in [0.15, 0.2) is 23.3 Å². The topological polar surface area (TPSA) is 80.2 Å². The molecule has 1 aliphatic heterocycles. The Morgan fingerprint density at radius 3 is 2.45 bits per heavy atom. The minimum atomic E-state index is -0.396. The highest BCUT2D eigenvalue weighted by atomic mass is 32.2. The minimum absolute atomic E-state index is 0.0192. The molecule has 1 saturated heterocycles. The van der Waals surface area contributed by atoms with Crippen LogP contribution >= 0.6 is 11.8 Å². The molecule has 0 unspecified atom stereocenters. The third kappa shape index (κ3) is 6.86. The molecule has 2 saturated carbocycles. The Bertz CT molecular complexity index is 1270. The number of anilines is 1. The summed E-state index contributed by atoms with van der Waals surface area (Å²) in [6.07, 6.45) is 13.1. The number of nitrogens with one attached hydrogen (secondary N) is 1. The summed E-state index contributed by atoms with van der Waals surface area (Å²) in [6.45, 7) is -0.280. The first-order valence-electron chi connectivity index (χ1n) is 14.2. The summed E-state index contributed by atoms with van der Waals surface area (Å²) < 4.78 is 24.7. The van der Waals surface area contributed by atoms with Gasteiger partial charge in [0.1, 0.15) is 5.82 Å². The van der Waals surface area contributed by atoms with E-state index in [0.29, 0.717) is 27.7 Å². The van der Waals surface area contributed by atoms with Gasteiger partial charge in [0, 0.05) is 17.3 Å². The number of methoxy groups -OCH3 is 1. The molecule has 5 rings (SSSR count). The number of hydrogen-bond acceptors (Lipinski definition) is 6. The Kier molecular flexibility index (Phi) is 9.41. The lowest BCUT2D eigenvalue weighted by Crippen LogP contribution is -2.41. The fourth-order valence-electron chi connectivity index (χ4n) is 5.58. The second-order valence-corrected chi connectivity index (χ2v) is 11.5. The number of thioether (sulfide) groups is 1. The molecule has 212 valence electrons. The van der Waals surface area contributed by atoms with Crippen LogP contribution in [0.1, 0.15) is 69.8 Å². The zero-order valence-electron chi connectivity index (χ0n) is 22.9. The Morgan fingerprint density at radius 1 is 1.05 bits per heavy atom. The molecule has 1 heterocycles. The normalized spacial score (nSPS) is 20.8. The highest BCUT2D eigenvalue weighted by Crippen LogP contribution is 2.40. The number of nitrogens with zero attached hydrogens (tertiary/aromatic N) is 2. The van der Waals surface area contributed by atoms with Crippen LogP contribution in [-0.4, -0.2) is 47.7 Å². The van der Waals surface area contributed by atoms with Crippen LogP contribution < -0.4 is 14.8 Å². The fraction of sp³-hybridized carbons (Fsp3) is 0.452. The number of hydrogen-bond donors (Lipinski definition) is 1. The van der Waals surface area contributed by atoms with Gasteiger partial charge >= 0.3 is 0 Å². The van der Waals surface area contributed by atoms with E-state index in [4.69, 9.17) is 14.5 Å². The molecule has 0 spiro atoms. The van der Waals surface area contributed by atoms with Gasteiger partial charge in [-0.1, -0.05) is 50.7 Å². The maximum atomic E-state index is 13.8.